The third-order valence-corrected chi connectivity index (χ3v) is 6.63. The Morgan fingerprint density at radius 3 is 2.79 bits per heavy atom. The smallest absolute Gasteiger partial charge is 0.229 e. The van der Waals surface area contributed by atoms with Crippen LogP contribution in [-0.2, 0) is 9.59 Å². The molecule has 0 spiro atoms. The molecule has 176 valence electrons. The second-order valence-electron chi connectivity index (χ2n) is 9.47. The number of hydrogen-bond donors (Lipinski definition) is 1. The third-order valence-electron chi connectivity index (χ3n) is 6.63. The maximum atomic E-state index is 13.2. The van der Waals surface area contributed by atoms with E-state index in [0.29, 0.717) is 5.92 Å². The average Bonchev–Trinajstić information content (AvgIpc) is 3.34. The first-order valence-electron chi connectivity index (χ1n) is 12.2. The van der Waals surface area contributed by atoms with Crippen molar-refractivity contribution in [3.63, 3.8) is 0 Å². The van der Waals surface area contributed by atoms with E-state index in [4.69, 9.17) is 0 Å². The van der Waals surface area contributed by atoms with Gasteiger partial charge in [0.25, 0.3) is 0 Å². The number of amides is 2. The molecule has 34 heavy (non-hydrogen) atoms. The standard InChI is InChI=1S/C29H33N3O2/c1-21(31-22(2)33)18-25-10-7-23(8-11-25)6-9-24-4-3-5-27(19-24)29(34)32-17-14-28(20-32)26-12-15-30-16-13-26/h3-4,7,10-13,15-16,19,21,23,27-28H,5,8,14,17-18,20H2,1-2H3,(H,31,33). The number of carbonyl (C=O) groups is 2. The minimum Gasteiger partial charge on any atom is -0.354 e. The Morgan fingerprint density at radius 1 is 1.24 bits per heavy atom. The van der Waals surface area contributed by atoms with Crippen LogP contribution in [-0.4, -0.2) is 40.8 Å². The third kappa shape index (κ3) is 6.35. The van der Waals surface area contributed by atoms with Gasteiger partial charge in [0.1, 0.15) is 0 Å². The summed E-state index contributed by atoms with van der Waals surface area (Å²) in [5, 5.41) is 2.92. The molecule has 0 radical (unpaired) electrons. The van der Waals surface area contributed by atoms with E-state index >= 15 is 0 Å². The lowest BCUT2D eigenvalue weighted by Gasteiger charge is -2.22. The van der Waals surface area contributed by atoms with Gasteiger partial charge in [-0.2, -0.15) is 0 Å². The van der Waals surface area contributed by atoms with Crippen LogP contribution in [0.15, 0.2) is 72.1 Å². The molecule has 4 rings (SSSR count). The van der Waals surface area contributed by atoms with Crippen molar-refractivity contribution in [3.8, 4) is 11.8 Å². The predicted molar refractivity (Wildman–Crippen MR) is 135 cm³/mol. The molecule has 1 aromatic heterocycles. The van der Waals surface area contributed by atoms with Crippen LogP contribution in [0.2, 0.25) is 0 Å². The van der Waals surface area contributed by atoms with Crippen LogP contribution in [0, 0.1) is 23.7 Å². The Kier molecular flexibility index (Phi) is 7.80. The molecule has 1 N–H and O–H groups in total. The fourth-order valence-electron chi connectivity index (χ4n) is 4.89. The number of allylic oxidation sites excluding steroid dienone is 6. The Bertz CT molecular complexity index is 1090. The molecule has 0 bridgehead atoms. The highest BCUT2D eigenvalue weighted by Crippen LogP contribution is 2.29. The van der Waals surface area contributed by atoms with E-state index in [1.165, 1.54) is 11.1 Å². The molecule has 1 fully saturated rings. The number of hydrogen-bond acceptors (Lipinski definition) is 3. The molecule has 5 heteroatoms. The molecule has 0 aromatic carbocycles. The molecule has 4 unspecified atom stereocenters. The molecule has 1 aromatic rings. The molecular weight excluding hydrogens is 422 g/mol. The van der Waals surface area contributed by atoms with Crippen molar-refractivity contribution in [1.82, 2.24) is 15.2 Å². The normalized spacial score (nSPS) is 24.5. The van der Waals surface area contributed by atoms with Crippen LogP contribution >= 0.6 is 0 Å². The van der Waals surface area contributed by atoms with Crippen LogP contribution in [0.1, 0.15) is 51.0 Å². The minimum atomic E-state index is -0.130. The molecule has 1 saturated heterocycles. The van der Waals surface area contributed by atoms with E-state index in [9.17, 15) is 9.59 Å². The van der Waals surface area contributed by atoms with Gasteiger partial charge in [0.2, 0.25) is 11.8 Å². The van der Waals surface area contributed by atoms with E-state index in [-0.39, 0.29) is 29.7 Å². The highest BCUT2D eigenvalue weighted by atomic mass is 16.2. The summed E-state index contributed by atoms with van der Waals surface area (Å²) in [6.45, 7) is 5.15. The van der Waals surface area contributed by atoms with E-state index in [2.05, 4.69) is 58.6 Å². The fraction of sp³-hybridized carbons (Fsp3) is 0.414. The van der Waals surface area contributed by atoms with Crippen molar-refractivity contribution in [1.29, 1.82) is 0 Å². The highest BCUT2D eigenvalue weighted by molar-refractivity contribution is 5.82. The van der Waals surface area contributed by atoms with E-state index in [1.807, 2.05) is 36.4 Å². The Morgan fingerprint density at radius 2 is 2.06 bits per heavy atom. The predicted octanol–water partition coefficient (Wildman–Crippen LogP) is 4.32. The van der Waals surface area contributed by atoms with Gasteiger partial charge in [-0.05, 0) is 50.3 Å². The van der Waals surface area contributed by atoms with Crippen molar-refractivity contribution < 1.29 is 9.59 Å². The summed E-state index contributed by atoms with van der Waals surface area (Å²) in [4.78, 5) is 30.5. The summed E-state index contributed by atoms with van der Waals surface area (Å²) in [6, 6.07) is 4.23. The average molecular weight is 456 g/mol. The summed E-state index contributed by atoms with van der Waals surface area (Å²) in [5.74, 6) is 7.29. The monoisotopic (exact) mass is 455 g/mol. The number of nitrogens with zero attached hydrogens (tertiary/aromatic N) is 2. The summed E-state index contributed by atoms with van der Waals surface area (Å²) in [7, 11) is 0. The van der Waals surface area contributed by atoms with E-state index in [1.54, 1.807) is 6.92 Å². The topological polar surface area (TPSA) is 62.3 Å². The van der Waals surface area contributed by atoms with Gasteiger partial charge >= 0.3 is 0 Å². The molecule has 1 aliphatic heterocycles. The van der Waals surface area contributed by atoms with Crippen molar-refractivity contribution in [2.75, 3.05) is 13.1 Å². The highest BCUT2D eigenvalue weighted by Gasteiger charge is 2.31. The van der Waals surface area contributed by atoms with Gasteiger partial charge in [-0.3, -0.25) is 14.6 Å². The molecule has 2 heterocycles. The maximum Gasteiger partial charge on any atom is 0.229 e. The van der Waals surface area contributed by atoms with Gasteiger partial charge in [0, 0.05) is 55.9 Å². The largest absolute Gasteiger partial charge is 0.354 e. The fourth-order valence-corrected chi connectivity index (χ4v) is 4.89. The molecule has 0 saturated carbocycles. The molecule has 4 atom stereocenters. The Balaban J connectivity index is 1.31. The maximum absolute atomic E-state index is 13.2. The Hall–Kier alpha value is -3.39. The molecular formula is C29H33N3O2. The zero-order chi connectivity index (χ0) is 23.9. The Labute approximate surface area is 202 Å². The van der Waals surface area contributed by atoms with Crippen LogP contribution in [0.4, 0.5) is 0 Å². The molecule has 2 amide bonds. The second-order valence-corrected chi connectivity index (χ2v) is 9.47. The number of rotatable bonds is 5. The zero-order valence-electron chi connectivity index (χ0n) is 20.0. The van der Waals surface area contributed by atoms with Gasteiger partial charge in [-0.25, -0.2) is 0 Å². The molecule has 5 nitrogen and oxygen atoms in total. The molecule has 3 aliphatic rings. The summed E-state index contributed by atoms with van der Waals surface area (Å²) in [5.41, 5.74) is 3.42. The van der Waals surface area contributed by atoms with Crippen molar-refractivity contribution in [3.05, 3.63) is 77.7 Å². The van der Waals surface area contributed by atoms with Gasteiger partial charge in [-0.1, -0.05) is 53.9 Å². The number of carbonyl (C=O) groups excluding carboxylic acids is 2. The molecule has 2 aliphatic carbocycles. The van der Waals surface area contributed by atoms with Crippen molar-refractivity contribution in [2.45, 2.75) is 51.5 Å². The lowest BCUT2D eigenvalue weighted by Crippen LogP contribution is -2.34. The van der Waals surface area contributed by atoms with Crippen LogP contribution < -0.4 is 5.32 Å². The first-order chi connectivity index (χ1) is 16.5. The second kappa shape index (κ2) is 11.2. The van der Waals surface area contributed by atoms with Gasteiger partial charge < -0.3 is 10.2 Å². The van der Waals surface area contributed by atoms with Gasteiger partial charge in [-0.15, -0.1) is 0 Å². The summed E-state index contributed by atoms with van der Waals surface area (Å²) < 4.78 is 0. The van der Waals surface area contributed by atoms with E-state index < -0.39 is 0 Å². The summed E-state index contributed by atoms with van der Waals surface area (Å²) >= 11 is 0. The van der Waals surface area contributed by atoms with Crippen molar-refractivity contribution in [2.24, 2.45) is 11.8 Å². The van der Waals surface area contributed by atoms with Crippen molar-refractivity contribution >= 4 is 11.8 Å². The van der Waals surface area contributed by atoms with Gasteiger partial charge in [0.05, 0.1) is 5.92 Å². The van der Waals surface area contributed by atoms with Gasteiger partial charge in [0.15, 0.2) is 0 Å². The number of likely N-dealkylation sites (tertiary alicyclic amines) is 1. The first-order valence-corrected chi connectivity index (χ1v) is 12.2. The quantitative estimate of drug-likeness (QED) is 0.673. The summed E-state index contributed by atoms with van der Waals surface area (Å²) in [6.07, 6.45) is 19.7. The number of aromatic nitrogens is 1. The van der Waals surface area contributed by atoms with E-state index in [0.717, 1.165) is 44.3 Å². The first kappa shape index (κ1) is 23.8. The lowest BCUT2D eigenvalue weighted by molar-refractivity contribution is -0.132. The van der Waals surface area contributed by atoms with Crippen LogP contribution in [0.25, 0.3) is 0 Å². The zero-order valence-corrected chi connectivity index (χ0v) is 20.0. The SMILES string of the molecule is CC(=O)NC(C)CC1=CCC(C#CC2=CC(C(=O)N3CCC(c4ccncc4)C3)CC=C2)C=C1. The minimum absolute atomic E-state index is 0.000485. The number of pyridine rings is 1. The van der Waals surface area contributed by atoms with Crippen LogP contribution in [0.5, 0.6) is 0 Å². The number of nitrogens with one attached hydrogen (secondary N) is 1. The van der Waals surface area contributed by atoms with Crippen LogP contribution in [0.3, 0.4) is 0 Å². The lowest BCUT2D eigenvalue weighted by atomic mass is 9.92.